The molecule has 1 aromatic rings. The van der Waals surface area contributed by atoms with Crippen LogP contribution in [0, 0.1) is 11.7 Å². The van der Waals surface area contributed by atoms with Crippen molar-refractivity contribution in [1.82, 2.24) is 5.32 Å². The zero-order chi connectivity index (χ0) is 14.1. The van der Waals surface area contributed by atoms with Crippen molar-refractivity contribution in [1.29, 1.82) is 0 Å². The van der Waals surface area contributed by atoms with Crippen molar-refractivity contribution in [3.05, 3.63) is 29.6 Å². The van der Waals surface area contributed by atoms with Gasteiger partial charge in [0.15, 0.2) is 11.6 Å². The molecule has 3 heteroatoms. The van der Waals surface area contributed by atoms with E-state index >= 15 is 0 Å². The van der Waals surface area contributed by atoms with Gasteiger partial charge in [-0.05, 0) is 24.9 Å². The highest BCUT2D eigenvalue weighted by Gasteiger charge is 2.05. The molecule has 2 N–H and O–H groups in total. The lowest BCUT2D eigenvalue weighted by molar-refractivity contribution is 0.422. The minimum Gasteiger partial charge on any atom is -0.505 e. The number of nitrogens with one attached hydrogen (secondary N) is 1. The van der Waals surface area contributed by atoms with Crippen LogP contribution < -0.4 is 5.32 Å². The van der Waals surface area contributed by atoms with E-state index in [1.807, 2.05) is 0 Å². The molecule has 19 heavy (non-hydrogen) atoms. The number of para-hydroxylation sites is 1. The zero-order valence-corrected chi connectivity index (χ0v) is 12.1. The van der Waals surface area contributed by atoms with Gasteiger partial charge in [-0.25, -0.2) is 4.39 Å². The minimum atomic E-state index is -0.548. The molecule has 0 saturated carbocycles. The summed E-state index contributed by atoms with van der Waals surface area (Å²) in [5.41, 5.74) is 0.625. The molecule has 0 aliphatic carbocycles. The second-order valence-electron chi connectivity index (χ2n) is 5.52. The summed E-state index contributed by atoms with van der Waals surface area (Å²) in [6, 6.07) is 4.64. The van der Waals surface area contributed by atoms with Gasteiger partial charge in [0.25, 0.3) is 0 Å². The molecule has 2 nitrogen and oxygen atoms in total. The number of phenols is 1. The lowest BCUT2D eigenvalue weighted by atomic mass is 10.0. The van der Waals surface area contributed by atoms with E-state index in [2.05, 4.69) is 19.2 Å². The number of aromatic hydroxyl groups is 1. The van der Waals surface area contributed by atoms with E-state index in [9.17, 15) is 9.50 Å². The third-order valence-corrected chi connectivity index (χ3v) is 3.27. The smallest absolute Gasteiger partial charge is 0.165 e. The van der Waals surface area contributed by atoms with Gasteiger partial charge in [-0.1, -0.05) is 51.7 Å². The number of hydrogen-bond donors (Lipinski definition) is 2. The molecule has 0 bridgehead atoms. The molecule has 0 fully saturated rings. The molecule has 0 atom stereocenters. The Morgan fingerprint density at radius 1 is 1.16 bits per heavy atom. The first-order valence-electron chi connectivity index (χ1n) is 7.28. The van der Waals surface area contributed by atoms with Crippen molar-refractivity contribution in [2.24, 2.45) is 5.92 Å². The van der Waals surface area contributed by atoms with E-state index in [1.54, 1.807) is 12.1 Å². The maximum absolute atomic E-state index is 13.1. The fraction of sp³-hybridized carbons (Fsp3) is 0.625. The first-order valence-corrected chi connectivity index (χ1v) is 7.28. The van der Waals surface area contributed by atoms with E-state index in [0.29, 0.717) is 12.1 Å². The number of halogens is 1. The predicted octanol–water partition coefficient (Wildman–Crippen LogP) is 4.23. The van der Waals surface area contributed by atoms with Crippen molar-refractivity contribution in [2.45, 2.75) is 52.5 Å². The van der Waals surface area contributed by atoms with Crippen LogP contribution in [-0.4, -0.2) is 11.7 Å². The predicted molar refractivity (Wildman–Crippen MR) is 77.7 cm³/mol. The van der Waals surface area contributed by atoms with Crippen LogP contribution in [-0.2, 0) is 6.54 Å². The van der Waals surface area contributed by atoms with Crippen LogP contribution in [0.5, 0.6) is 5.75 Å². The molecule has 0 amide bonds. The van der Waals surface area contributed by atoms with E-state index in [4.69, 9.17) is 0 Å². The molecule has 108 valence electrons. The first kappa shape index (κ1) is 16.0. The van der Waals surface area contributed by atoms with E-state index in [0.717, 1.165) is 18.9 Å². The van der Waals surface area contributed by atoms with Crippen LogP contribution >= 0.6 is 0 Å². The molecule has 1 rings (SSSR count). The van der Waals surface area contributed by atoms with Crippen LogP contribution in [0.2, 0.25) is 0 Å². The second-order valence-corrected chi connectivity index (χ2v) is 5.52. The van der Waals surface area contributed by atoms with Gasteiger partial charge in [0, 0.05) is 12.1 Å². The third kappa shape index (κ3) is 6.58. The Balaban J connectivity index is 2.06. The lowest BCUT2D eigenvalue weighted by Crippen LogP contribution is -2.14. The van der Waals surface area contributed by atoms with Gasteiger partial charge in [-0.3, -0.25) is 0 Å². The molecule has 0 radical (unpaired) electrons. The van der Waals surface area contributed by atoms with Crippen molar-refractivity contribution in [2.75, 3.05) is 6.54 Å². The fourth-order valence-corrected chi connectivity index (χ4v) is 2.08. The van der Waals surface area contributed by atoms with Crippen molar-refractivity contribution < 1.29 is 9.50 Å². The summed E-state index contributed by atoms with van der Waals surface area (Å²) in [5, 5.41) is 12.7. The molecule has 0 saturated heterocycles. The Morgan fingerprint density at radius 2 is 1.89 bits per heavy atom. The minimum absolute atomic E-state index is 0.230. The molecule has 0 aliphatic rings. The SMILES string of the molecule is CC(C)CCCCCCNCc1cccc(F)c1O. The van der Waals surface area contributed by atoms with E-state index in [-0.39, 0.29) is 5.75 Å². The second kappa shape index (κ2) is 8.92. The standard InChI is InChI=1S/C16H26FNO/c1-13(2)8-5-3-4-6-11-18-12-14-9-7-10-15(17)16(14)19/h7,9-10,13,18-19H,3-6,8,11-12H2,1-2H3. The fourth-order valence-electron chi connectivity index (χ4n) is 2.08. The Morgan fingerprint density at radius 3 is 2.63 bits per heavy atom. The number of hydrogen-bond acceptors (Lipinski definition) is 2. The Kier molecular flexibility index (Phi) is 7.49. The molecular weight excluding hydrogens is 241 g/mol. The van der Waals surface area contributed by atoms with Gasteiger partial charge in [0.2, 0.25) is 0 Å². The Labute approximate surface area is 116 Å². The van der Waals surface area contributed by atoms with E-state index < -0.39 is 5.82 Å². The Hall–Kier alpha value is -1.09. The third-order valence-electron chi connectivity index (χ3n) is 3.27. The summed E-state index contributed by atoms with van der Waals surface area (Å²) in [4.78, 5) is 0. The van der Waals surface area contributed by atoms with Crippen molar-refractivity contribution in [3.63, 3.8) is 0 Å². The number of phenolic OH excluding ortho intramolecular Hbond substituents is 1. The van der Waals surface area contributed by atoms with Crippen molar-refractivity contribution >= 4 is 0 Å². The topological polar surface area (TPSA) is 32.3 Å². The first-order chi connectivity index (χ1) is 9.11. The van der Waals surface area contributed by atoms with Crippen LogP contribution in [0.1, 0.15) is 51.5 Å². The average molecular weight is 267 g/mol. The summed E-state index contributed by atoms with van der Waals surface area (Å²) in [7, 11) is 0. The molecule has 0 spiro atoms. The average Bonchev–Trinajstić information content (AvgIpc) is 2.37. The molecule has 0 unspecified atom stereocenters. The lowest BCUT2D eigenvalue weighted by Gasteiger charge is -2.08. The molecular formula is C16H26FNO. The summed E-state index contributed by atoms with van der Waals surface area (Å²) < 4.78 is 13.1. The quantitative estimate of drug-likeness (QED) is 0.656. The van der Waals surface area contributed by atoms with Gasteiger partial charge in [-0.15, -0.1) is 0 Å². The summed E-state index contributed by atoms with van der Waals surface area (Å²) >= 11 is 0. The van der Waals surface area contributed by atoms with Crippen LogP contribution in [0.15, 0.2) is 18.2 Å². The zero-order valence-electron chi connectivity index (χ0n) is 12.1. The van der Waals surface area contributed by atoms with Gasteiger partial charge < -0.3 is 10.4 Å². The number of rotatable bonds is 9. The summed E-state index contributed by atoms with van der Waals surface area (Å²) in [5.74, 6) is 0.0222. The molecule has 0 aliphatic heterocycles. The van der Waals surface area contributed by atoms with Gasteiger partial charge in [0.05, 0.1) is 0 Å². The molecule has 0 heterocycles. The van der Waals surface area contributed by atoms with E-state index in [1.165, 1.54) is 31.7 Å². The number of benzene rings is 1. The van der Waals surface area contributed by atoms with Gasteiger partial charge >= 0.3 is 0 Å². The van der Waals surface area contributed by atoms with Crippen LogP contribution in [0.25, 0.3) is 0 Å². The number of unbranched alkanes of at least 4 members (excludes halogenated alkanes) is 3. The van der Waals surface area contributed by atoms with Gasteiger partial charge in [-0.2, -0.15) is 0 Å². The maximum atomic E-state index is 13.1. The molecule has 1 aromatic carbocycles. The largest absolute Gasteiger partial charge is 0.505 e. The molecule has 0 aromatic heterocycles. The highest BCUT2D eigenvalue weighted by molar-refractivity contribution is 5.33. The van der Waals surface area contributed by atoms with Crippen molar-refractivity contribution in [3.8, 4) is 5.75 Å². The van der Waals surface area contributed by atoms with Crippen LogP contribution in [0.3, 0.4) is 0 Å². The summed E-state index contributed by atoms with van der Waals surface area (Å²) in [6.45, 7) is 5.95. The monoisotopic (exact) mass is 267 g/mol. The normalized spacial score (nSPS) is 11.2. The Bertz CT molecular complexity index is 366. The summed E-state index contributed by atoms with van der Waals surface area (Å²) in [6.07, 6.45) is 6.26. The highest BCUT2D eigenvalue weighted by atomic mass is 19.1. The van der Waals surface area contributed by atoms with Crippen LogP contribution in [0.4, 0.5) is 4.39 Å². The maximum Gasteiger partial charge on any atom is 0.165 e. The van der Waals surface area contributed by atoms with Gasteiger partial charge in [0.1, 0.15) is 0 Å². The highest BCUT2D eigenvalue weighted by Crippen LogP contribution is 2.20.